The first-order chi connectivity index (χ1) is 11.4. The normalized spacial score (nSPS) is 17.3. The van der Waals surface area contributed by atoms with Gasteiger partial charge in [0.1, 0.15) is 5.75 Å². The van der Waals surface area contributed by atoms with Gasteiger partial charge in [-0.3, -0.25) is 0 Å². The van der Waals surface area contributed by atoms with Crippen molar-refractivity contribution in [2.45, 2.75) is 55.9 Å². The lowest BCUT2D eigenvalue weighted by molar-refractivity contribution is -0.274. The number of nitrogens with zero attached hydrogens (tertiary/aromatic N) is 1. The summed E-state index contributed by atoms with van der Waals surface area (Å²) in [4.78, 5) is 0.620. The van der Waals surface area contributed by atoms with E-state index in [0.29, 0.717) is 10.8 Å². The molecule has 0 bridgehead atoms. The minimum atomic E-state index is -4.79. The highest BCUT2D eigenvalue weighted by atomic mass is 32.2. The van der Waals surface area contributed by atoms with Crippen LogP contribution in [0.5, 0.6) is 5.75 Å². The molecular formula is C17H20F3NO2S. The maximum absolute atomic E-state index is 12.5. The first-order valence-corrected chi connectivity index (χ1v) is 8.94. The number of hydrogen-bond donors (Lipinski definition) is 1. The second-order valence-corrected chi connectivity index (χ2v) is 7.07. The molecule has 132 valence electrons. The third kappa shape index (κ3) is 6.25. The van der Waals surface area contributed by atoms with Crippen LogP contribution < -0.4 is 4.74 Å². The van der Waals surface area contributed by atoms with Crippen molar-refractivity contribution in [2.75, 3.05) is 5.75 Å². The van der Waals surface area contributed by atoms with E-state index in [0.717, 1.165) is 24.7 Å². The summed E-state index contributed by atoms with van der Waals surface area (Å²) in [5.41, 5.74) is 0.268. The molecule has 7 heteroatoms. The molecule has 1 aliphatic carbocycles. The highest BCUT2D eigenvalue weighted by molar-refractivity contribution is 7.99. The number of rotatable bonds is 6. The minimum absolute atomic E-state index is 0.178. The predicted molar refractivity (Wildman–Crippen MR) is 85.6 cm³/mol. The van der Waals surface area contributed by atoms with Crippen molar-refractivity contribution < 1.29 is 23.0 Å². The molecule has 1 aromatic carbocycles. The third-order valence-electron chi connectivity index (χ3n) is 4.02. The van der Waals surface area contributed by atoms with Crippen molar-refractivity contribution in [2.24, 2.45) is 5.92 Å². The van der Waals surface area contributed by atoms with E-state index in [4.69, 9.17) is 5.26 Å². The molecule has 24 heavy (non-hydrogen) atoms. The largest absolute Gasteiger partial charge is 0.573 e. The quantitative estimate of drug-likeness (QED) is 0.709. The van der Waals surface area contributed by atoms with Crippen LogP contribution in [0.4, 0.5) is 13.2 Å². The molecule has 2 rings (SSSR count). The Labute approximate surface area is 143 Å². The summed E-state index contributed by atoms with van der Waals surface area (Å²) in [7, 11) is 0. The topological polar surface area (TPSA) is 53.2 Å². The monoisotopic (exact) mass is 359 g/mol. The molecule has 3 nitrogen and oxygen atoms in total. The number of aliphatic hydroxyl groups is 1. The fourth-order valence-electron chi connectivity index (χ4n) is 2.83. The average molecular weight is 359 g/mol. The zero-order chi connectivity index (χ0) is 17.6. The zero-order valence-corrected chi connectivity index (χ0v) is 14.0. The Morgan fingerprint density at radius 2 is 1.96 bits per heavy atom. The summed E-state index contributed by atoms with van der Waals surface area (Å²) >= 11 is 1.48. The van der Waals surface area contributed by atoms with Gasteiger partial charge >= 0.3 is 6.36 Å². The van der Waals surface area contributed by atoms with Crippen LogP contribution in [0.15, 0.2) is 23.1 Å². The number of benzene rings is 1. The first kappa shape index (κ1) is 18.9. The summed E-state index contributed by atoms with van der Waals surface area (Å²) in [6.07, 6.45) is -0.137. The molecular weight excluding hydrogens is 339 g/mol. The van der Waals surface area contributed by atoms with Crippen LogP contribution in [0, 0.1) is 17.2 Å². The van der Waals surface area contributed by atoms with Crippen molar-refractivity contribution in [3.05, 3.63) is 23.8 Å². The summed E-state index contributed by atoms with van der Waals surface area (Å²) < 4.78 is 41.5. The molecule has 0 saturated heterocycles. The summed E-state index contributed by atoms with van der Waals surface area (Å²) in [5, 5.41) is 18.6. The van der Waals surface area contributed by atoms with Crippen LogP contribution in [0.1, 0.15) is 50.2 Å². The van der Waals surface area contributed by atoms with Crippen LogP contribution in [0.25, 0.3) is 0 Å². The van der Waals surface area contributed by atoms with Gasteiger partial charge in [-0.05, 0) is 42.5 Å². The minimum Gasteiger partial charge on any atom is -0.406 e. The Hall–Kier alpha value is -1.39. The molecule has 0 heterocycles. The maximum Gasteiger partial charge on any atom is 0.573 e. The molecule has 1 fully saturated rings. The molecule has 1 atom stereocenters. The molecule has 1 unspecified atom stereocenters. The van der Waals surface area contributed by atoms with Crippen LogP contribution in [-0.4, -0.2) is 17.2 Å². The number of alkyl halides is 3. The van der Waals surface area contributed by atoms with Crippen molar-refractivity contribution in [3.8, 4) is 11.8 Å². The highest BCUT2D eigenvalue weighted by Gasteiger charge is 2.31. The van der Waals surface area contributed by atoms with Crippen LogP contribution >= 0.6 is 11.8 Å². The van der Waals surface area contributed by atoms with Crippen molar-refractivity contribution in [1.29, 1.82) is 5.26 Å². The molecule has 0 aromatic heterocycles. The van der Waals surface area contributed by atoms with Gasteiger partial charge < -0.3 is 9.84 Å². The first-order valence-electron chi connectivity index (χ1n) is 7.96. The molecule has 1 N–H and O–H groups in total. The van der Waals surface area contributed by atoms with Gasteiger partial charge in [-0.25, -0.2) is 0 Å². The van der Waals surface area contributed by atoms with Crippen LogP contribution in [0.3, 0.4) is 0 Å². The number of ether oxygens (including phenoxy) is 1. The molecule has 0 amide bonds. The maximum atomic E-state index is 12.5. The number of hydrogen-bond acceptors (Lipinski definition) is 4. The number of thioether (sulfide) groups is 1. The predicted octanol–water partition coefficient (Wildman–Crippen LogP) is 5.20. The lowest BCUT2D eigenvalue weighted by Gasteiger charge is -2.21. The Kier molecular flexibility index (Phi) is 6.81. The molecule has 0 spiro atoms. The number of aliphatic hydroxyl groups excluding tert-OH is 1. The lowest BCUT2D eigenvalue weighted by Crippen LogP contribution is -2.17. The smallest absolute Gasteiger partial charge is 0.406 e. The molecule has 1 aliphatic rings. The van der Waals surface area contributed by atoms with Crippen molar-refractivity contribution in [1.82, 2.24) is 0 Å². The standard InChI is InChI=1S/C17H20F3NO2S/c18-17(19,20)23-14-8-13(16(22)6-7-21)9-15(10-14)24-11-12-4-2-1-3-5-12/h8-10,12,16,22H,1-6,11H2. The van der Waals surface area contributed by atoms with E-state index in [1.807, 2.05) is 6.07 Å². The Bertz CT molecular complexity index is 580. The van der Waals surface area contributed by atoms with Crippen molar-refractivity contribution >= 4 is 11.8 Å². The van der Waals surface area contributed by atoms with E-state index in [1.165, 1.54) is 37.1 Å². The van der Waals surface area contributed by atoms with Crippen molar-refractivity contribution in [3.63, 3.8) is 0 Å². The van der Waals surface area contributed by atoms with E-state index in [-0.39, 0.29) is 17.7 Å². The van der Waals surface area contributed by atoms with Gasteiger partial charge in [-0.1, -0.05) is 19.3 Å². The molecule has 0 aliphatic heterocycles. The van der Waals surface area contributed by atoms with E-state index in [1.54, 1.807) is 6.07 Å². The van der Waals surface area contributed by atoms with Gasteiger partial charge in [-0.2, -0.15) is 5.26 Å². The lowest BCUT2D eigenvalue weighted by atomic mass is 9.91. The van der Waals surface area contributed by atoms with E-state index in [2.05, 4.69) is 4.74 Å². The third-order valence-corrected chi connectivity index (χ3v) is 5.22. The van der Waals surface area contributed by atoms with E-state index in [9.17, 15) is 18.3 Å². The molecule has 0 radical (unpaired) electrons. The van der Waals surface area contributed by atoms with Gasteiger partial charge in [-0.15, -0.1) is 24.9 Å². The number of halogens is 3. The zero-order valence-electron chi connectivity index (χ0n) is 13.2. The Morgan fingerprint density at radius 1 is 1.25 bits per heavy atom. The fraction of sp³-hybridized carbons (Fsp3) is 0.588. The number of nitriles is 1. The summed E-state index contributed by atoms with van der Waals surface area (Å²) in [6.45, 7) is 0. The van der Waals surface area contributed by atoms with Gasteiger partial charge in [0, 0.05) is 10.6 Å². The van der Waals surface area contributed by atoms with Gasteiger partial charge in [0.05, 0.1) is 18.6 Å². The van der Waals surface area contributed by atoms with Gasteiger partial charge in [0.25, 0.3) is 0 Å². The highest BCUT2D eigenvalue weighted by Crippen LogP contribution is 2.35. The van der Waals surface area contributed by atoms with E-state index < -0.39 is 12.5 Å². The molecule has 1 aromatic rings. The van der Waals surface area contributed by atoms with Crippen LogP contribution in [-0.2, 0) is 0 Å². The van der Waals surface area contributed by atoms with Crippen LogP contribution in [0.2, 0.25) is 0 Å². The summed E-state index contributed by atoms with van der Waals surface area (Å²) in [5.74, 6) is 1.05. The van der Waals surface area contributed by atoms with Gasteiger partial charge in [0.2, 0.25) is 0 Å². The Morgan fingerprint density at radius 3 is 2.58 bits per heavy atom. The molecule has 1 saturated carbocycles. The summed E-state index contributed by atoms with van der Waals surface area (Å²) in [6, 6.07) is 5.93. The Balaban J connectivity index is 2.13. The SMILES string of the molecule is N#CCC(O)c1cc(OC(F)(F)F)cc(SCC2CCCCC2)c1. The fourth-order valence-corrected chi connectivity index (χ4v) is 4.01. The van der Waals surface area contributed by atoms with E-state index >= 15 is 0 Å². The average Bonchev–Trinajstić information content (AvgIpc) is 2.52. The second-order valence-electron chi connectivity index (χ2n) is 5.98. The van der Waals surface area contributed by atoms with Gasteiger partial charge in [0.15, 0.2) is 0 Å². The second kappa shape index (κ2) is 8.63.